The van der Waals surface area contributed by atoms with Gasteiger partial charge in [-0.2, -0.15) is 4.98 Å². The van der Waals surface area contributed by atoms with Crippen LogP contribution in [0.5, 0.6) is 11.8 Å². The number of hydrogen-bond donors (Lipinski definition) is 3. The van der Waals surface area contributed by atoms with Crippen molar-refractivity contribution < 1.29 is 59.4 Å². The number of nitrogens with one attached hydrogen (secondary N) is 3. The van der Waals surface area contributed by atoms with Gasteiger partial charge in [0.25, 0.3) is 18.3 Å². The van der Waals surface area contributed by atoms with E-state index in [1.54, 1.807) is 31.2 Å². The van der Waals surface area contributed by atoms with Gasteiger partial charge in [0.1, 0.15) is 23.7 Å². The summed E-state index contributed by atoms with van der Waals surface area (Å²) in [7, 11) is -4.11. The van der Waals surface area contributed by atoms with Gasteiger partial charge in [-0.1, -0.05) is 43.7 Å². The number of alkyl halides is 4. The quantitative estimate of drug-likeness (QED) is 0.171. The van der Waals surface area contributed by atoms with Gasteiger partial charge in [0.15, 0.2) is 12.2 Å². The van der Waals surface area contributed by atoms with Gasteiger partial charge < -0.3 is 29.7 Å². The highest BCUT2D eigenvalue weighted by atomic mass is 35.5. The number of amides is 4. The number of hydrogen-bond acceptors (Lipinski definition) is 10. The lowest BCUT2D eigenvalue weighted by Crippen LogP contribution is -2.59. The van der Waals surface area contributed by atoms with E-state index in [1.165, 1.54) is 13.0 Å². The van der Waals surface area contributed by atoms with Gasteiger partial charge >= 0.3 is 6.09 Å². The van der Waals surface area contributed by atoms with E-state index in [4.69, 9.17) is 25.8 Å². The van der Waals surface area contributed by atoms with E-state index in [1.807, 2.05) is 13.0 Å². The van der Waals surface area contributed by atoms with Gasteiger partial charge in [0, 0.05) is 41.1 Å². The van der Waals surface area contributed by atoms with E-state index in [9.17, 15) is 45.2 Å². The molecule has 0 bridgehead atoms. The molecule has 4 amide bonds. The molecule has 0 spiro atoms. The van der Waals surface area contributed by atoms with Crippen molar-refractivity contribution in [2.75, 3.05) is 13.2 Å². The van der Waals surface area contributed by atoms with Crippen molar-refractivity contribution >= 4 is 56.2 Å². The number of nitrogens with zero attached hydrogens (tertiary/aromatic N) is 2. The zero-order valence-electron chi connectivity index (χ0n) is 34.7. The normalized spacial score (nSPS) is 28.7. The highest BCUT2D eigenvalue weighted by Gasteiger charge is 2.63. The molecule has 6 rings (SSSR count). The molecule has 1 saturated heterocycles. The van der Waals surface area contributed by atoms with Gasteiger partial charge in [0.05, 0.1) is 11.3 Å². The number of rotatable bonds is 11. The van der Waals surface area contributed by atoms with E-state index in [-0.39, 0.29) is 42.1 Å². The first-order valence-corrected chi connectivity index (χ1v) is 22.1. The Hall–Kier alpha value is -4.39. The van der Waals surface area contributed by atoms with Crippen molar-refractivity contribution in [3.8, 4) is 11.8 Å². The number of carbonyl (C=O) groups is 4. The Balaban J connectivity index is 1.37. The molecule has 0 unspecified atom stereocenters. The maximum absolute atomic E-state index is 14.9. The predicted molar refractivity (Wildman–Crippen MR) is 216 cm³/mol. The number of carbonyl (C=O) groups excluding carboxylic acids is 4. The second kappa shape index (κ2) is 17.1. The molecule has 336 valence electrons. The number of sulfonamides is 1. The summed E-state index contributed by atoms with van der Waals surface area (Å²) < 4.78 is 99.3. The van der Waals surface area contributed by atoms with Crippen LogP contribution in [0.25, 0.3) is 10.8 Å². The molecule has 1 aromatic carbocycles. The average molecular weight is 902 g/mol. The summed E-state index contributed by atoms with van der Waals surface area (Å²) in [4.78, 5) is 62.2. The summed E-state index contributed by atoms with van der Waals surface area (Å²) in [6, 6.07) is 3.34. The Bertz CT molecular complexity index is 2190. The molecule has 3 N–H and O–H groups in total. The van der Waals surface area contributed by atoms with Crippen LogP contribution < -0.4 is 24.8 Å². The lowest BCUT2D eigenvalue weighted by Gasteiger charge is -2.35. The zero-order chi connectivity index (χ0) is 44.9. The maximum atomic E-state index is 14.9. The summed E-state index contributed by atoms with van der Waals surface area (Å²) in [5.41, 5.74) is -3.97. The van der Waals surface area contributed by atoms with Gasteiger partial charge in [-0.3, -0.25) is 19.1 Å². The number of fused-ring (bicyclic) bond motifs is 3. The van der Waals surface area contributed by atoms with E-state index in [0.717, 1.165) is 18.7 Å². The molecule has 2 saturated carbocycles. The predicted octanol–water partition coefficient (Wildman–Crippen LogP) is 6.29. The van der Waals surface area contributed by atoms with Crippen LogP contribution in [0.2, 0.25) is 5.02 Å². The lowest BCUT2D eigenvalue weighted by atomic mass is 9.88. The molecule has 1 aromatic heterocycles. The Morgan fingerprint density at radius 1 is 1.11 bits per heavy atom. The third kappa shape index (κ3) is 9.97. The number of allylic oxidation sites excluding steroid dienone is 1. The largest absolute Gasteiger partial charge is 0.472 e. The third-order valence-electron chi connectivity index (χ3n) is 12.3. The van der Waals surface area contributed by atoms with Gasteiger partial charge in [-0.25, -0.2) is 30.8 Å². The van der Waals surface area contributed by atoms with Crippen LogP contribution in [0.4, 0.5) is 22.4 Å². The van der Waals surface area contributed by atoms with Crippen molar-refractivity contribution in [2.45, 2.75) is 133 Å². The molecule has 2 aliphatic heterocycles. The van der Waals surface area contributed by atoms with E-state index in [2.05, 4.69) is 20.3 Å². The molecular weight excluding hydrogens is 850 g/mol. The van der Waals surface area contributed by atoms with Crippen LogP contribution in [0, 0.1) is 17.8 Å². The van der Waals surface area contributed by atoms with Crippen LogP contribution in [0.1, 0.15) is 86.5 Å². The van der Waals surface area contributed by atoms with Crippen molar-refractivity contribution in [1.82, 2.24) is 25.2 Å². The Labute approximate surface area is 356 Å². The van der Waals surface area contributed by atoms with Crippen molar-refractivity contribution in [3.05, 3.63) is 41.4 Å². The molecule has 2 aromatic rings. The highest BCUT2D eigenvalue weighted by molar-refractivity contribution is 7.91. The molecular formula is C41H52ClF4N5O9S. The summed E-state index contributed by atoms with van der Waals surface area (Å²) in [5, 5.41) is 6.19. The summed E-state index contributed by atoms with van der Waals surface area (Å²) in [6.07, 6.45) is 0.528. The summed E-state index contributed by atoms with van der Waals surface area (Å²) >= 11 is 6.46. The first kappa shape index (κ1) is 46.1. The minimum atomic E-state index is -4.11. The molecule has 0 radical (unpaired) electrons. The standard InChI is InChI=1S/C41H52ClF4N5O9S/c1-22-10-7-8-11-24-19-41(24,36(54)50-61(56,57)39(5)14-15-39)49-33(52)29-17-25(59-34-26-12-9-13-28(42)27(26)18-31(47-34)58-21-30(43)44)20-51(29)35(53)32(23(2)16-22)48-37(55)60-38(3,4)40(6,45)46/h8-9,11-13,18,22-25,29-30,32H,7,10,14-17,19-21H2,1-6H3,(H,48,55)(H,49,52)(H,50,54)/b11-8-/t22-,23-,24-,25-,29+,32+,41-/m1/s1. The average Bonchev–Trinajstić information content (AvgIpc) is 4.04. The molecule has 20 heteroatoms. The number of aromatic nitrogens is 1. The topological polar surface area (TPSA) is 182 Å². The third-order valence-corrected chi connectivity index (χ3v) is 14.8. The van der Waals surface area contributed by atoms with Crippen LogP contribution in [0.3, 0.4) is 0 Å². The van der Waals surface area contributed by atoms with Gasteiger partial charge in [-0.15, -0.1) is 0 Å². The second-order valence-corrected chi connectivity index (χ2v) is 20.3. The van der Waals surface area contributed by atoms with E-state index in [0.29, 0.717) is 49.8 Å². The molecule has 3 fully saturated rings. The number of halogens is 5. The minimum absolute atomic E-state index is 0.0399. The fraction of sp³-hybridized carbons (Fsp3) is 0.634. The molecule has 61 heavy (non-hydrogen) atoms. The summed E-state index contributed by atoms with van der Waals surface area (Å²) in [6.45, 7) is 6.51. The molecule has 14 nitrogen and oxygen atoms in total. The van der Waals surface area contributed by atoms with Gasteiger partial charge in [-0.05, 0) is 83.3 Å². The fourth-order valence-electron chi connectivity index (χ4n) is 7.73. The first-order chi connectivity index (χ1) is 28.4. The SMILES string of the molecule is C[C@@H]1CC/C=C\[C@@H]2C[C@@]2(C(=O)NS(=O)(=O)C2(C)CC2)NC(=O)[C@@H]2C[C@@H](Oc3nc(OCC(F)F)cc4c(Cl)cccc34)CN2C(=O)[C@@H](NC(=O)OC(C)(C)C(C)(F)F)[C@H](C)C1. The molecule has 3 heterocycles. The Morgan fingerprint density at radius 2 is 1.82 bits per heavy atom. The van der Waals surface area contributed by atoms with Crippen LogP contribution in [-0.2, 0) is 29.1 Å². The summed E-state index contributed by atoms with van der Waals surface area (Å²) in [5.74, 6) is -7.62. The minimum Gasteiger partial charge on any atom is -0.472 e. The zero-order valence-corrected chi connectivity index (χ0v) is 36.3. The van der Waals surface area contributed by atoms with Crippen LogP contribution in [0.15, 0.2) is 36.4 Å². The maximum Gasteiger partial charge on any atom is 0.408 e. The molecule has 7 atom stereocenters. The van der Waals surface area contributed by atoms with Crippen molar-refractivity contribution in [3.63, 3.8) is 0 Å². The monoisotopic (exact) mass is 901 g/mol. The molecule has 4 aliphatic rings. The molecule has 2 aliphatic carbocycles. The Morgan fingerprint density at radius 3 is 2.48 bits per heavy atom. The second-order valence-electron chi connectivity index (χ2n) is 17.7. The Kier molecular flexibility index (Phi) is 12.9. The van der Waals surface area contributed by atoms with E-state index < -0.39 is 98.7 Å². The smallest absolute Gasteiger partial charge is 0.408 e. The number of ether oxygens (including phenoxy) is 3. The first-order valence-electron chi connectivity index (χ1n) is 20.3. The number of alkyl carbamates (subject to hydrolysis) is 1. The van der Waals surface area contributed by atoms with Crippen LogP contribution >= 0.6 is 11.6 Å². The number of benzene rings is 1. The van der Waals surface area contributed by atoms with Crippen molar-refractivity contribution in [2.24, 2.45) is 17.8 Å². The van der Waals surface area contributed by atoms with Gasteiger partial charge in [0.2, 0.25) is 33.6 Å². The van der Waals surface area contributed by atoms with E-state index >= 15 is 0 Å². The highest BCUT2D eigenvalue weighted by Crippen LogP contribution is 2.48. The van der Waals surface area contributed by atoms with Crippen LogP contribution in [-0.4, -0.2) is 102 Å². The van der Waals surface area contributed by atoms with Crippen molar-refractivity contribution in [1.29, 1.82) is 0 Å². The lowest BCUT2D eigenvalue weighted by molar-refractivity contribution is -0.152. The fourth-order valence-corrected chi connectivity index (χ4v) is 9.27. The number of pyridine rings is 1.